The number of nitrogens with zero attached hydrogens (tertiary/aromatic N) is 5. The van der Waals surface area contributed by atoms with Gasteiger partial charge in [0.05, 0.1) is 0 Å². The van der Waals surface area contributed by atoms with Crippen LogP contribution in [0.25, 0.3) is 0 Å². The van der Waals surface area contributed by atoms with E-state index in [2.05, 4.69) is 23.2 Å². The second-order valence-electron chi connectivity index (χ2n) is 5.59. The third-order valence-electron chi connectivity index (χ3n) is 3.14. The predicted octanol–water partition coefficient (Wildman–Crippen LogP) is 1.59. The second kappa shape index (κ2) is 8.74. The second-order valence-corrected chi connectivity index (χ2v) is 7.42. The minimum atomic E-state index is -3.92. The topological polar surface area (TPSA) is 88.4 Å². The number of carbonyl (C=O) groups excluding carboxylic acids is 1. The van der Waals surface area contributed by atoms with Gasteiger partial charge in [-0.25, -0.2) is 18.2 Å². The first-order valence-electron chi connectivity index (χ1n) is 7.70. The maximum absolute atomic E-state index is 12.5. The van der Waals surface area contributed by atoms with Gasteiger partial charge in [0.1, 0.15) is 6.33 Å². The zero-order valence-electron chi connectivity index (χ0n) is 14.4. The van der Waals surface area contributed by atoms with E-state index in [-0.39, 0.29) is 19.0 Å². The van der Waals surface area contributed by atoms with Crippen molar-refractivity contribution in [3.05, 3.63) is 31.6 Å². The van der Waals surface area contributed by atoms with E-state index in [0.717, 1.165) is 15.3 Å². The van der Waals surface area contributed by atoms with Gasteiger partial charge >= 0.3 is 6.03 Å². The van der Waals surface area contributed by atoms with Gasteiger partial charge in [0.2, 0.25) is 0 Å². The molecule has 0 unspecified atom stereocenters. The van der Waals surface area contributed by atoms with E-state index in [4.69, 9.17) is 0 Å². The Kier molecular flexibility index (Phi) is 7.30. The van der Waals surface area contributed by atoms with Crippen LogP contribution in [0.1, 0.15) is 20.8 Å². The maximum atomic E-state index is 12.5. The van der Waals surface area contributed by atoms with Gasteiger partial charge in [-0.3, -0.25) is 0 Å². The number of sulfonamides is 1. The summed E-state index contributed by atoms with van der Waals surface area (Å²) in [7, 11) is -3.92. The predicted molar refractivity (Wildman–Crippen MR) is 92.1 cm³/mol. The van der Waals surface area contributed by atoms with Crippen LogP contribution >= 0.6 is 0 Å². The number of amides is 1. The van der Waals surface area contributed by atoms with Crippen molar-refractivity contribution in [2.45, 2.75) is 25.9 Å². The standard InChI is InChI=1S/C15H25N5O3S/c1-6-9-19(10-7-2)24(22,23)14-16-12-20(17-14)15(21)18(8-3)11-13(4)5/h6-7,12-13H,1-2,8-11H2,3-5H3. The lowest BCUT2D eigenvalue weighted by atomic mass is 10.2. The van der Waals surface area contributed by atoms with Gasteiger partial charge in [-0.1, -0.05) is 26.0 Å². The van der Waals surface area contributed by atoms with Crippen molar-refractivity contribution < 1.29 is 13.2 Å². The highest BCUT2D eigenvalue weighted by Gasteiger charge is 2.28. The van der Waals surface area contributed by atoms with Gasteiger partial charge in [-0.2, -0.15) is 8.99 Å². The number of rotatable bonds is 9. The monoisotopic (exact) mass is 355 g/mol. The lowest BCUT2D eigenvalue weighted by Gasteiger charge is -2.22. The molecule has 9 heteroatoms. The molecule has 8 nitrogen and oxygen atoms in total. The molecule has 1 aromatic rings. The third kappa shape index (κ3) is 4.75. The van der Waals surface area contributed by atoms with Crippen LogP contribution in [0.3, 0.4) is 0 Å². The van der Waals surface area contributed by atoms with E-state index >= 15 is 0 Å². The highest BCUT2D eigenvalue weighted by Crippen LogP contribution is 2.11. The Labute approximate surface area is 143 Å². The van der Waals surface area contributed by atoms with Crippen LogP contribution in [0, 0.1) is 5.92 Å². The Morgan fingerprint density at radius 1 is 1.33 bits per heavy atom. The molecule has 1 amide bonds. The van der Waals surface area contributed by atoms with Crippen LogP contribution < -0.4 is 0 Å². The van der Waals surface area contributed by atoms with E-state index in [9.17, 15) is 13.2 Å². The first kappa shape index (κ1) is 20.0. The molecule has 0 aliphatic heterocycles. The number of hydrogen-bond donors (Lipinski definition) is 0. The zero-order chi connectivity index (χ0) is 18.3. The minimum absolute atomic E-state index is 0.102. The fraction of sp³-hybridized carbons (Fsp3) is 0.533. The molecule has 1 aromatic heterocycles. The van der Waals surface area contributed by atoms with E-state index in [1.165, 1.54) is 12.2 Å². The molecule has 0 aliphatic rings. The van der Waals surface area contributed by atoms with E-state index < -0.39 is 21.2 Å². The van der Waals surface area contributed by atoms with Gasteiger partial charge in [0.15, 0.2) is 0 Å². The Morgan fingerprint density at radius 3 is 2.38 bits per heavy atom. The molecule has 134 valence electrons. The summed E-state index contributed by atoms with van der Waals surface area (Å²) < 4.78 is 27.1. The molecule has 0 spiro atoms. The molecule has 0 bridgehead atoms. The maximum Gasteiger partial charge on any atom is 0.346 e. The van der Waals surface area contributed by atoms with Crippen molar-refractivity contribution >= 4 is 16.1 Å². The van der Waals surface area contributed by atoms with Crippen molar-refractivity contribution in [2.24, 2.45) is 5.92 Å². The van der Waals surface area contributed by atoms with E-state index in [0.29, 0.717) is 13.1 Å². The molecular formula is C15H25N5O3S. The van der Waals surface area contributed by atoms with Crippen molar-refractivity contribution in [3.63, 3.8) is 0 Å². The molecule has 0 atom stereocenters. The normalized spacial score (nSPS) is 11.7. The van der Waals surface area contributed by atoms with Crippen LogP contribution in [0.15, 0.2) is 36.8 Å². The molecule has 0 N–H and O–H groups in total. The van der Waals surface area contributed by atoms with Crippen LogP contribution in [0.5, 0.6) is 0 Å². The highest BCUT2D eigenvalue weighted by molar-refractivity contribution is 7.89. The van der Waals surface area contributed by atoms with Gasteiger partial charge in [0.25, 0.3) is 15.2 Å². The Bertz CT molecular complexity index is 671. The number of carbonyl (C=O) groups is 1. The van der Waals surface area contributed by atoms with Crippen molar-refractivity contribution in [3.8, 4) is 0 Å². The summed E-state index contributed by atoms with van der Waals surface area (Å²) in [6.07, 6.45) is 4.05. The van der Waals surface area contributed by atoms with Crippen LogP contribution in [0.4, 0.5) is 4.79 Å². The molecule has 0 aliphatic carbocycles. The molecule has 0 aromatic carbocycles. The van der Waals surface area contributed by atoms with Gasteiger partial charge in [-0.05, 0) is 12.8 Å². The average molecular weight is 355 g/mol. The van der Waals surface area contributed by atoms with Crippen LogP contribution in [-0.4, -0.2) is 64.6 Å². The summed E-state index contributed by atoms with van der Waals surface area (Å²) in [6.45, 7) is 14.2. The summed E-state index contributed by atoms with van der Waals surface area (Å²) in [5.74, 6) is 0.288. The summed E-state index contributed by atoms with van der Waals surface area (Å²) in [5.41, 5.74) is 0. The summed E-state index contributed by atoms with van der Waals surface area (Å²) in [4.78, 5) is 17.8. The molecule has 0 fully saturated rings. The fourth-order valence-electron chi connectivity index (χ4n) is 2.06. The molecule has 0 radical (unpaired) electrons. The number of hydrogen-bond acceptors (Lipinski definition) is 5. The molecule has 1 rings (SSSR count). The Hall–Kier alpha value is -2.00. The largest absolute Gasteiger partial charge is 0.346 e. The minimum Gasteiger partial charge on any atom is -0.323 e. The smallest absolute Gasteiger partial charge is 0.323 e. The lowest BCUT2D eigenvalue weighted by molar-refractivity contribution is 0.192. The summed E-state index contributed by atoms with van der Waals surface area (Å²) in [6, 6.07) is -0.404. The Balaban J connectivity index is 3.07. The van der Waals surface area contributed by atoms with Gasteiger partial charge < -0.3 is 4.90 Å². The first-order valence-corrected chi connectivity index (χ1v) is 9.14. The molecule has 0 saturated carbocycles. The Morgan fingerprint density at radius 2 is 1.92 bits per heavy atom. The lowest BCUT2D eigenvalue weighted by Crippen LogP contribution is -2.37. The third-order valence-corrected chi connectivity index (χ3v) is 4.77. The molecule has 1 heterocycles. The SMILES string of the molecule is C=CCN(CC=C)S(=O)(=O)c1ncn(C(=O)N(CC)CC(C)C)n1. The first-order chi connectivity index (χ1) is 11.3. The molecular weight excluding hydrogens is 330 g/mol. The van der Waals surface area contributed by atoms with Crippen LogP contribution in [-0.2, 0) is 10.0 Å². The van der Waals surface area contributed by atoms with Crippen LogP contribution in [0.2, 0.25) is 0 Å². The fourth-order valence-corrected chi connectivity index (χ4v) is 3.27. The average Bonchev–Trinajstić information content (AvgIpc) is 3.02. The summed E-state index contributed by atoms with van der Waals surface area (Å²) in [5, 5.41) is 3.44. The highest BCUT2D eigenvalue weighted by atomic mass is 32.2. The number of aromatic nitrogens is 3. The quantitative estimate of drug-likeness (QED) is 0.628. The molecule has 24 heavy (non-hydrogen) atoms. The summed E-state index contributed by atoms with van der Waals surface area (Å²) >= 11 is 0. The molecule has 0 saturated heterocycles. The van der Waals surface area contributed by atoms with Crippen molar-refractivity contribution in [1.29, 1.82) is 0 Å². The van der Waals surface area contributed by atoms with Gasteiger partial charge in [-0.15, -0.1) is 18.3 Å². The van der Waals surface area contributed by atoms with E-state index in [1.54, 1.807) is 4.90 Å². The van der Waals surface area contributed by atoms with E-state index in [1.807, 2.05) is 20.8 Å². The zero-order valence-corrected chi connectivity index (χ0v) is 15.2. The van der Waals surface area contributed by atoms with Crippen molar-refractivity contribution in [2.75, 3.05) is 26.2 Å². The van der Waals surface area contributed by atoms with Crippen molar-refractivity contribution in [1.82, 2.24) is 24.0 Å². The van der Waals surface area contributed by atoms with Gasteiger partial charge in [0, 0.05) is 26.2 Å².